The summed E-state index contributed by atoms with van der Waals surface area (Å²) in [7, 11) is -2.36. The molecular weight excluding hydrogens is 274 g/mol. The highest BCUT2D eigenvalue weighted by Crippen LogP contribution is 2.12. The Morgan fingerprint density at radius 3 is 2.53 bits per heavy atom. The maximum Gasteiger partial charge on any atom is 0.413 e. The highest BCUT2D eigenvalue weighted by atomic mass is 32.2. The summed E-state index contributed by atoms with van der Waals surface area (Å²) in [5, 5.41) is 2.45. The van der Waals surface area contributed by atoms with Gasteiger partial charge in [0.15, 0.2) is 0 Å². The molecule has 0 bridgehead atoms. The number of carbonyl (C=O) groups excluding carboxylic acids is 1. The van der Waals surface area contributed by atoms with Gasteiger partial charge >= 0.3 is 6.09 Å². The van der Waals surface area contributed by atoms with Gasteiger partial charge in [-0.1, -0.05) is 12.1 Å². The van der Waals surface area contributed by atoms with Gasteiger partial charge in [-0.2, -0.15) is 8.42 Å². The standard InChI is InChI=1S/C9H9N3O2.CH4O3S/c1-14-9(13)12-8-10-6-4-2-3-5-7(6)11-8;1-5(2,3)4/h2-5H,1H3,(H2,10,11,12,13);1H3,(H,2,3,4). The summed E-state index contributed by atoms with van der Waals surface area (Å²) in [5.74, 6) is 0.387. The van der Waals surface area contributed by atoms with Crippen LogP contribution in [-0.2, 0) is 14.9 Å². The van der Waals surface area contributed by atoms with Crippen molar-refractivity contribution in [2.75, 3.05) is 18.7 Å². The van der Waals surface area contributed by atoms with E-state index in [0.717, 1.165) is 11.0 Å². The molecule has 0 atom stereocenters. The first-order valence-corrected chi connectivity index (χ1v) is 6.86. The minimum atomic E-state index is -3.67. The number of carbonyl (C=O) groups is 1. The second kappa shape index (κ2) is 6.16. The van der Waals surface area contributed by atoms with Crippen molar-refractivity contribution in [3.63, 3.8) is 0 Å². The number of hydrogen-bond acceptors (Lipinski definition) is 5. The number of rotatable bonds is 1. The van der Waals surface area contributed by atoms with Crippen LogP contribution in [0, 0.1) is 0 Å². The van der Waals surface area contributed by atoms with Crippen molar-refractivity contribution in [2.24, 2.45) is 0 Å². The van der Waals surface area contributed by atoms with E-state index in [1.807, 2.05) is 24.3 Å². The Morgan fingerprint density at radius 1 is 1.42 bits per heavy atom. The summed E-state index contributed by atoms with van der Waals surface area (Å²) in [5.41, 5.74) is 1.68. The van der Waals surface area contributed by atoms with Crippen molar-refractivity contribution in [1.82, 2.24) is 9.97 Å². The Kier molecular flexibility index (Phi) is 4.84. The molecule has 0 aliphatic rings. The van der Waals surface area contributed by atoms with Crippen LogP contribution in [0.3, 0.4) is 0 Å². The number of anilines is 1. The van der Waals surface area contributed by atoms with Gasteiger partial charge in [0.25, 0.3) is 10.1 Å². The average Bonchev–Trinajstić information content (AvgIpc) is 2.68. The minimum Gasteiger partial charge on any atom is -0.453 e. The molecule has 1 aromatic carbocycles. The van der Waals surface area contributed by atoms with E-state index < -0.39 is 16.2 Å². The van der Waals surface area contributed by atoms with E-state index in [0.29, 0.717) is 12.2 Å². The molecule has 9 heteroatoms. The molecule has 0 unspecified atom stereocenters. The zero-order chi connectivity index (χ0) is 14.5. The third-order valence-electron chi connectivity index (χ3n) is 1.80. The lowest BCUT2D eigenvalue weighted by atomic mass is 10.3. The zero-order valence-corrected chi connectivity index (χ0v) is 11.1. The van der Waals surface area contributed by atoms with Crippen molar-refractivity contribution < 1.29 is 22.5 Å². The molecule has 3 N–H and O–H groups in total. The van der Waals surface area contributed by atoms with Gasteiger partial charge in [-0.15, -0.1) is 0 Å². The molecule has 1 aromatic heterocycles. The first-order valence-electron chi connectivity index (χ1n) is 5.02. The number of nitrogens with one attached hydrogen (secondary N) is 2. The molecule has 0 radical (unpaired) electrons. The van der Waals surface area contributed by atoms with Crippen LogP contribution in [0.4, 0.5) is 10.7 Å². The Bertz CT molecular complexity index is 624. The summed E-state index contributed by atoms with van der Waals surface area (Å²) in [6, 6.07) is 7.51. The van der Waals surface area contributed by atoms with Crippen LogP contribution in [0.1, 0.15) is 0 Å². The summed E-state index contributed by atoms with van der Waals surface area (Å²) in [6.07, 6.45) is 0.177. The number of nitrogens with zero attached hydrogens (tertiary/aromatic N) is 1. The monoisotopic (exact) mass is 287 g/mol. The summed E-state index contributed by atoms with van der Waals surface area (Å²) < 4.78 is 30.3. The van der Waals surface area contributed by atoms with Crippen molar-refractivity contribution in [2.45, 2.75) is 0 Å². The summed E-state index contributed by atoms with van der Waals surface area (Å²) >= 11 is 0. The lowest BCUT2D eigenvalue weighted by Crippen LogP contribution is -2.11. The van der Waals surface area contributed by atoms with Crippen LogP contribution in [0.15, 0.2) is 24.3 Å². The van der Waals surface area contributed by atoms with Gasteiger partial charge < -0.3 is 9.72 Å². The van der Waals surface area contributed by atoms with E-state index in [9.17, 15) is 13.2 Å². The van der Waals surface area contributed by atoms with Gasteiger partial charge in [-0.25, -0.2) is 9.78 Å². The van der Waals surface area contributed by atoms with Crippen LogP contribution in [0.5, 0.6) is 0 Å². The van der Waals surface area contributed by atoms with Crippen molar-refractivity contribution in [3.05, 3.63) is 24.3 Å². The Hall–Kier alpha value is -2.13. The Balaban J connectivity index is 0.000000312. The molecular formula is C10H13N3O5S. The SMILES string of the molecule is COC(=O)Nc1nc2ccccc2[nH]1.CS(=O)(=O)O. The predicted octanol–water partition coefficient (Wildman–Crippen LogP) is 1.25. The normalized spacial score (nSPS) is 10.5. The quantitative estimate of drug-likeness (QED) is 0.678. The fraction of sp³-hybridized carbons (Fsp3) is 0.200. The third kappa shape index (κ3) is 5.84. The minimum absolute atomic E-state index is 0.387. The Morgan fingerprint density at radius 2 is 2.00 bits per heavy atom. The summed E-state index contributed by atoms with van der Waals surface area (Å²) in [6.45, 7) is 0. The molecule has 2 rings (SSSR count). The number of H-pyrrole nitrogens is 1. The highest BCUT2D eigenvalue weighted by Gasteiger charge is 2.04. The maximum absolute atomic E-state index is 10.9. The van der Waals surface area contributed by atoms with Crippen LogP contribution < -0.4 is 5.32 Å². The molecule has 0 saturated heterocycles. The first kappa shape index (κ1) is 14.9. The van der Waals surface area contributed by atoms with Crippen LogP contribution in [0.25, 0.3) is 11.0 Å². The second-order valence-corrected chi connectivity index (χ2v) is 4.92. The number of aromatic amines is 1. The number of amides is 1. The van der Waals surface area contributed by atoms with Crippen molar-refractivity contribution in [3.8, 4) is 0 Å². The number of aromatic nitrogens is 2. The molecule has 0 aliphatic heterocycles. The molecule has 2 aromatic rings. The number of imidazole rings is 1. The van der Waals surface area contributed by atoms with Gasteiger partial charge in [0.05, 0.1) is 24.4 Å². The third-order valence-corrected chi connectivity index (χ3v) is 1.80. The lowest BCUT2D eigenvalue weighted by Gasteiger charge is -1.96. The van der Waals surface area contributed by atoms with E-state index >= 15 is 0 Å². The number of methoxy groups -OCH3 is 1. The smallest absolute Gasteiger partial charge is 0.413 e. The lowest BCUT2D eigenvalue weighted by molar-refractivity contribution is 0.186. The van der Waals surface area contributed by atoms with Crippen molar-refractivity contribution >= 4 is 33.2 Å². The predicted molar refractivity (Wildman–Crippen MR) is 69.6 cm³/mol. The van der Waals surface area contributed by atoms with Crippen molar-refractivity contribution in [1.29, 1.82) is 0 Å². The average molecular weight is 287 g/mol. The topological polar surface area (TPSA) is 121 Å². The molecule has 19 heavy (non-hydrogen) atoms. The van der Waals surface area contributed by atoms with E-state index in [1.54, 1.807) is 0 Å². The molecule has 0 fully saturated rings. The number of fused-ring (bicyclic) bond motifs is 1. The highest BCUT2D eigenvalue weighted by molar-refractivity contribution is 7.85. The molecule has 104 valence electrons. The van der Waals surface area contributed by atoms with Crippen LogP contribution in [-0.4, -0.2) is 42.4 Å². The van der Waals surface area contributed by atoms with Gasteiger partial charge in [0.1, 0.15) is 0 Å². The zero-order valence-electron chi connectivity index (χ0n) is 10.2. The van der Waals surface area contributed by atoms with Gasteiger partial charge in [-0.05, 0) is 12.1 Å². The van der Waals surface area contributed by atoms with E-state index in [4.69, 9.17) is 4.55 Å². The van der Waals surface area contributed by atoms with E-state index in [-0.39, 0.29) is 0 Å². The van der Waals surface area contributed by atoms with Crippen LogP contribution >= 0.6 is 0 Å². The fourth-order valence-electron chi connectivity index (χ4n) is 1.16. The molecule has 0 aliphatic carbocycles. The molecule has 0 saturated carbocycles. The summed E-state index contributed by atoms with van der Waals surface area (Å²) in [4.78, 5) is 17.9. The van der Waals surface area contributed by atoms with Crippen LogP contribution in [0.2, 0.25) is 0 Å². The molecule has 0 spiro atoms. The second-order valence-electron chi connectivity index (χ2n) is 3.45. The molecule has 8 nitrogen and oxygen atoms in total. The number of ether oxygens (including phenoxy) is 1. The van der Waals surface area contributed by atoms with Gasteiger partial charge in [0.2, 0.25) is 5.95 Å². The molecule has 1 amide bonds. The number of para-hydroxylation sites is 2. The van der Waals surface area contributed by atoms with Gasteiger partial charge in [-0.3, -0.25) is 9.87 Å². The van der Waals surface area contributed by atoms with E-state index in [2.05, 4.69) is 20.0 Å². The van der Waals surface area contributed by atoms with E-state index in [1.165, 1.54) is 7.11 Å². The fourth-order valence-corrected chi connectivity index (χ4v) is 1.16. The number of benzene rings is 1. The molecule has 1 heterocycles. The first-order chi connectivity index (χ1) is 8.79. The number of hydrogen-bond donors (Lipinski definition) is 3. The van der Waals surface area contributed by atoms with Gasteiger partial charge in [0, 0.05) is 0 Å². The Labute approximate surface area is 109 Å². The maximum atomic E-state index is 10.9. The largest absolute Gasteiger partial charge is 0.453 e.